The molecule has 134 valence electrons. The summed E-state index contributed by atoms with van der Waals surface area (Å²) in [4.78, 5) is 23.8. The molecular weight excluding hydrogens is 304 g/mol. The fourth-order valence-electron chi connectivity index (χ4n) is 6.61. The molecular formula is C20H30O4. The molecule has 1 spiro atoms. The second-order valence-electron chi connectivity index (χ2n) is 9.38. The average Bonchev–Trinajstić information content (AvgIpc) is 2.54. The van der Waals surface area contributed by atoms with Crippen molar-refractivity contribution >= 4 is 5.97 Å². The number of hydrogen-bond acceptors (Lipinski definition) is 3. The van der Waals surface area contributed by atoms with Crippen LogP contribution in [0.4, 0.5) is 0 Å². The van der Waals surface area contributed by atoms with E-state index in [0.29, 0.717) is 11.8 Å². The minimum Gasteiger partial charge on any atom is -0.481 e. The molecule has 6 atom stereocenters. The first kappa shape index (κ1) is 16.6. The molecule has 2 bridgehead atoms. The zero-order valence-corrected chi connectivity index (χ0v) is 15.3. The lowest BCUT2D eigenvalue weighted by molar-refractivity contribution is -0.434. The van der Waals surface area contributed by atoms with Gasteiger partial charge in [-0.3, -0.25) is 4.79 Å². The predicted octanol–water partition coefficient (Wildman–Crippen LogP) is 4.35. The molecule has 3 aliphatic carbocycles. The van der Waals surface area contributed by atoms with E-state index in [1.54, 1.807) is 0 Å². The van der Waals surface area contributed by atoms with Crippen molar-refractivity contribution in [3.8, 4) is 0 Å². The lowest BCUT2D eigenvalue weighted by Crippen LogP contribution is -2.65. The summed E-state index contributed by atoms with van der Waals surface area (Å²) in [6.07, 6.45) is 8.07. The molecule has 5 rings (SSSR count). The minimum atomic E-state index is -0.620. The highest BCUT2D eigenvalue weighted by molar-refractivity contribution is 5.75. The topological polar surface area (TPSA) is 55.8 Å². The highest BCUT2D eigenvalue weighted by Crippen LogP contribution is 2.66. The van der Waals surface area contributed by atoms with E-state index in [1.165, 1.54) is 5.57 Å². The zero-order chi connectivity index (χ0) is 17.3. The van der Waals surface area contributed by atoms with Crippen LogP contribution >= 0.6 is 0 Å². The molecule has 0 aromatic carbocycles. The second kappa shape index (κ2) is 5.07. The molecule has 5 aliphatic rings. The monoisotopic (exact) mass is 334 g/mol. The number of carboxylic acid groups (broad SMARTS) is 1. The Hall–Kier alpha value is -0.870. The minimum absolute atomic E-state index is 0.0185. The Morgan fingerprint density at radius 3 is 2.67 bits per heavy atom. The predicted molar refractivity (Wildman–Crippen MR) is 90.1 cm³/mol. The first-order valence-electron chi connectivity index (χ1n) is 9.53. The van der Waals surface area contributed by atoms with Crippen LogP contribution in [0.1, 0.15) is 66.2 Å². The quantitative estimate of drug-likeness (QED) is 0.602. The van der Waals surface area contributed by atoms with Gasteiger partial charge in [-0.05, 0) is 67.9 Å². The van der Waals surface area contributed by atoms with Crippen LogP contribution in [0.25, 0.3) is 0 Å². The first-order valence-corrected chi connectivity index (χ1v) is 9.53. The summed E-state index contributed by atoms with van der Waals surface area (Å²) in [7, 11) is 0. The van der Waals surface area contributed by atoms with Crippen LogP contribution in [-0.4, -0.2) is 22.8 Å². The van der Waals surface area contributed by atoms with Gasteiger partial charge in [0, 0.05) is 5.92 Å². The average molecular weight is 334 g/mol. The van der Waals surface area contributed by atoms with Crippen molar-refractivity contribution in [2.24, 2.45) is 28.6 Å². The number of carboxylic acids is 1. The van der Waals surface area contributed by atoms with Gasteiger partial charge in [0.25, 0.3) is 0 Å². The van der Waals surface area contributed by atoms with Gasteiger partial charge in [0.15, 0.2) is 0 Å². The van der Waals surface area contributed by atoms with E-state index in [9.17, 15) is 9.90 Å². The Labute approximate surface area is 144 Å². The van der Waals surface area contributed by atoms with E-state index in [0.717, 1.165) is 38.5 Å². The van der Waals surface area contributed by atoms with Crippen molar-refractivity contribution in [1.82, 2.24) is 0 Å². The van der Waals surface area contributed by atoms with Crippen LogP contribution in [-0.2, 0) is 14.6 Å². The van der Waals surface area contributed by atoms with Gasteiger partial charge in [-0.2, -0.15) is 0 Å². The van der Waals surface area contributed by atoms with Gasteiger partial charge in [-0.25, -0.2) is 9.78 Å². The van der Waals surface area contributed by atoms with Crippen LogP contribution in [0.15, 0.2) is 11.6 Å². The fourth-order valence-corrected chi connectivity index (χ4v) is 6.61. The van der Waals surface area contributed by atoms with Gasteiger partial charge in [-0.15, -0.1) is 0 Å². The highest BCUT2D eigenvalue weighted by Gasteiger charge is 2.66. The van der Waals surface area contributed by atoms with Crippen molar-refractivity contribution in [2.45, 2.75) is 77.9 Å². The standard InChI is InChI=1S/C20H30O4/c1-12(2)13-11-20-9-6-15-18(3,16(20)10-14(13)23-24-20)7-5-8-19(15,4)17(21)22/h11-12,14-16H,5-10H2,1-4H3,(H,21,22)/t14-,15+,16-,18-,19+,20+/m0/s1. The van der Waals surface area contributed by atoms with Gasteiger partial charge in [0.2, 0.25) is 0 Å². The van der Waals surface area contributed by atoms with Gasteiger partial charge >= 0.3 is 5.97 Å². The maximum Gasteiger partial charge on any atom is 0.309 e. The molecule has 24 heavy (non-hydrogen) atoms. The third-order valence-electron chi connectivity index (χ3n) is 7.89. The summed E-state index contributed by atoms with van der Waals surface area (Å²) < 4.78 is 0. The number of rotatable bonds is 2. The molecule has 0 radical (unpaired) electrons. The summed E-state index contributed by atoms with van der Waals surface area (Å²) in [6.45, 7) is 8.74. The molecule has 4 nitrogen and oxygen atoms in total. The van der Waals surface area contributed by atoms with Crippen LogP contribution in [0.2, 0.25) is 0 Å². The number of fused-ring (bicyclic) bond motifs is 2. The van der Waals surface area contributed by atoms with Crippen LogP contribution in [0.5, 0.6) is 0 Å². The second-order valence-corrected chi connectivity index (χ2v) is 9.38. The van der Waals surface area contributed by atoms with E-state index in [-0.39, 0.29) is 23.0 Å². The van der Waals surface area contributed by atoms with Crippen molar-refractivity contribution in [3.05, 3.63) is 11.6 Å². The Balaban J connectivity index is 1.76. The number of carbonyl (C=O) groups is 1. The Morgan fingerprint density at radius 2 is 2.00 bits per heavy atom. The van der Waals surface area contributed by atoms with E-state index in [1.807, 2.05) is 6.92 Å². The number of aliphatic carboxylic acids is 1. The molecule has 0 aromatic heterocycles. The Bertz CT molecular complexity index is 596. The van der Waals surface area contributed by atoms with E-state index in [2.05, 4.69) is 26.8 Å². The number of hydrogen-bond donors (Lipinski definition) is 1. The van der Waals surface area contributed by atoms with Crippen molar-refractivity contribution in [2.75, 3.05) is 0 Å². The lowest BCUT2D eigenvalue weighted by atomic mass is 9.43. The van der Waals surface area contributed by atoms with Crippen LogP contribution in [0, 0.1) is 28.6 Å². The maximum atomic E-state index is 12.1. The van der Waals surface area contributed by atoms with E-state index >= 15 is 0 Å². The summed E-state index contributed by atoms with van der Waals surface area (Å²) >= 11 is 0. The molecule has 2 saturated carbocycles. The molecule has 0 unspecified atom stereocenters. The van der Waals surface area contributed by atoms with E-state index < -0.39 is 11.4 Å². The van der Waals surface area contributed by atoms with Gasteiger partial charge < -0.3 is 5.11 Å². The zero-order valence-electron chi connectivity index (χ0n) is 15.3. The SMILES string of the molecule is CC(C)C1=C[C@]23CC[C@@H]4[C@](C)(CCC[C@@]4(C)C(=O)O)[C@@H]2C[C@@H]1OO3. The van der Waals surface area contributed by atoms with Gasteiger partial charge in [-0.1, -0.05) is 27.2 Å². The van der Waals surface area contributed by atoms with E-state index in [4.69, 9.17) is 9.78 Å². The molecule has 3 fully saturated rings. The van der Waals surface area contributed by atoms with Gasteiger partial charge in [0.05, 0.1) is 5.41 Å². The first-order chi connectivity index (χ1) is 11.2. The van der Waals surface area contributed by atoms with Crippen molar-refractivity contribution < 1.29 is 19.7 Å². The Kier molecular flexibility index (Phi) is 3.51. The maximum absolute atomic E-state index is 12.1. The smallest absolute Gasteiger partial charge is 0.309 e. The third-order valence-corrected chi connectivity index (χ3v) is 7.89. The molecule has 1 N–H and O–H groups in total. The summed E-state index contributed by atoms with van der Waals surface area (Å²) in [5.41, 5.74) is 0.453. The van der Waals surface area contributed by atoms with Gasteiger partial charge in [0.1, 0.15) is 11.7 Å². The third kappa shape index (κ3) is 1.96. The molecule has 0 aromatic rings. The fraction of sp³-hybridized carbons (Fsp3) is 0.850. The molecule has 0 amide bonds. The Morgan fingerprint density at radius 1 is 1.25 bits per heavy atom. The molecule has 1 saturated heterocycles. The highest BCUT2D eigenvalue weighted by atomic mass is 17.2. The van der Waals surface area contributed by atoms with Crippen LogP contribution < -0.4 is 0 Å². The van der Waals surface area contributed by atoms with Crippen LogP contribution in [0.3, 0.4) is 0 Å². The largest absolute Gasteiger partial charge is 0.481 e. The summed E-state index contributed by atoms with van der Waals surface area (Å²) in [6, 6.07) is 0. The van der Waals surface area contributed by atoms with Crippen molar-refractivity contribution in [1.29, 1.82) is 0 Å². The molecule has 2 aliphatic heterocycles. The molecule has 2 heterocycles. The normalized spacial score (nSPS) is 50.2. The summed E-state index contributed by atoms with van der Waals surface area (Å²) in [5.74, 6) is 0.443. The lowest BCUT2D eigenvalue weighted by Gasteiger charge is -2.64. The molecule has 4 heteroatoms. The summed E-state index contributed by atoms with van der Waals surface area (Å²) in [5, 5.41) is 9.92. The van der Waals surface area contributed by atoms with Crippen molar-refractivity contribution in [3.63, 3.8) is 0 Å².